The molecule has 1 aromatic heterocycles. The molecule has 0 amide bonds. The van der Waals surface area contributed by atoms with E-state index in [1.165, 1.54) is 6.33 Å². The third-order valence-corrected chi connectivity index (χ3v) is 3.09. The molecule has 0 aliphatic heterocycles. The first-order valence-corrected chi connectivity index (χ1v) is 6.09. The van der Waals surface area contributed by atoms with E-state index in [2.05, 4.69) is 16.0 Å². The lowest BCUT2D eigenvalue weighted by Crippen LogP contribution is -2.05. The summed E-state index contributed by atoms with van der Waals surface area (Å²) in [6.45, 7) is 1.93. The van der Waals surface area contributed by atoms with Crippen LogP contribution < -0.4 is 9.47 Å². The number of methoxy groups -OCH3 is 2. The van der Waals surface area contributed by atoms with Crippen LogP contribution in [0.2, 0.25) is 0 Å². The molecule has 2 aromatic rings. The van der Waals surface area contributed by atoms with E-state index in [0.29, 0.717) is 11.4 Å². The highest BCUT2D eigenvalue weighted by atomic mass is 16.5. The minimum atomic E-state index is -0.526. The van der Waals surface area contributed by atoms with Gasteiger partial charge >= 0.3 is 0 Å². The van der Waals surface area contributed by atoms with Crippen molar-refractivity contribution in [3.63, 3.8) is 0 Å². The van der Waals surface area contributed by atoms with Crippen LogP contribution in [-0.2, 0) is 0 Å². The number of aromatic nitrogens is 2. The molecule has 0 fully saturated rings. The number of rotatable bonds is 4. The third-order valence-electron chi connectivity index (χ3n) is 3.09. The van der Waals surface area contributed by atoms with Crippen LogP contribution in [0.15, 0.2) is 30.7 Å². The normalized spacial score (nSPS) is 11.5. The highest BCUT2D eigenvalue weighted by molar-refractivity contribution is 5.51. The average molecular weight is 269 g/mol. The molecule has 2 rings (SSSR count). The molecule has 1 heterocycles. The molecule has 102 valence electrons. The fourth-order valence-corrected chi connectivity index (χ4v) is 2.07. The Morgan fingerprint density at radius 3 is 2.50 bits per heavy atom. The van der Waals surface area contributed by atoms with Crippen molar-refractivity contribution < 1.29 is 9.47 Å². The molecule has 0 aliphatic rings. The zero-order valence-electron chi connectivity index (χ0n) is 11.6. The molecule has 1 atom stereocenters. The third kappa shape index (κ3) is 2.54. The van der Waals surface area contributed by atoms with Gasteiger partial charge in [-0.1, -0.05) is 0 Å². The average Bonchev–Trinajstić information content (AvgIpc) is 2.50. The SMILES string of the molecule is COc1cc(C(C#N)c2ccncn2)c(OC)cc1C. The number of aryl methyl sites for hydroxylation is 1. The maximum atomic E-state index is 9.48. The van der Waals surface area contributed by atoms with Gasteiger partial charge in [0.25, 0.3) is 0 Å². The zero-order valence-corrected chi connectivity index (χ0v) is 11.6. The predicted molar refractivity (Wildman–Crippen MR) is 73.8 cm³/mol. The summed E-state index contributed by atoms with van der Waals surface area (Å²) in [5.41, 5.74) is 2.32. The standard InChI is InChI=1S/C15H15N3O2/c1-10-6-15(20-3)11(7-14(10)19-2)12(8-16)13-4-5-17-9-18-13/h4-7,9,12H,1-3H3. The Kier molecular flexibility index (Phi) is 4.16. The van der Waals surface area contributed by atoms with Crippen LogP contribution in [0.1, 0.15) is 22.7 Å². The number of ether oxygens (including phenoxy) is 2. The van der Waals surface area contributed by atoms with Gasteiger partial charge in [0.15, 0.2) is 0 Å². The van der Waals surface area contributed by atoms with E-state index in [9.17, 15) is 5.26 Å². The number of hydrogen-bond acceptors (Lipinski definition) is 5. The van der Waals surface area contributed by atoms with Gasteiger partial charge in [-0.3, -0.25) is 0 Å². The summed E-state index contributed by atoms with van der Waals surface area (Å²) in [6, 6.07) is 7.66. The maximum absolute atomic E-state index is 9.48. The minimum Gasteiger partial charge on any atom is -0.496 e. The van der Waals surface area contributed by atoms with Crippen molar-refractivity contribution in [2.75, 3.05) is 14.2 Å². The molecule has 5 heteroatoms. The van der Waals surface area contributed by atoms with Gasteiger partial charge in [-0.2, -0.15) is 5.26 Å². The largest absolute Gasteiger partial charge is 0.496 e. The molecule has 0 aliphatic carbocycles. The summed E-state index contributed by atoms with van der Waals surface area (Å²) in [7, 11) is 3.18. The molecule has 0 spiro atoms. The van der Waals surface area contributed by atoms with Crippen LogP contribution in [0, 0.1) is 18.3 Å². The van der Waals surface area contributed by atoms with Gasteiger partial charge in [0.05, 0.1) is 26.0 Å². The van der Waals surface area contributed by atoms with Gasteiger partial charge < -0.3 is 9.47 Å². The van der Waals surface area contributed by atoms with E-state index >= 15 is 0 Å². The number of nitriles is 1. The second kappa shape index (κ2) is 6.02. The Labute approximate surface area is 117 Å². The van der Waals surface area contributed by atoms with Crippen LogP contribution in [0.25, 0.3) is 0 Å². The van der Waals surface area contributed by atoms with Crippen molar-refractivity contribution in [1.82, 2.24) is 9.97 Å². The van der Waals surface area contributed by atoms with Crippen molar-refractivity contribution in [3.8, 4) is 17.6 Å². The highest BCUT2D eigenvalue weighted by Gasteiger charge is 2.21. The zero-order chi connectivity index (χ0) is 14.5. The number of benzene rings is 1. The fourth-order valence-electron chi connectivity index (χ4n) is 2.07. The second-order valence-electron chi connectivity index (χ2n) is 4.26. The van der Waals surface area contributed by atoms with E-state index in [-0.39, 0.29) is 0 Å². The summed E-state index contributed by atoms with van der Waals surface area (Å²) in [4.78, 5) is 8.02. The fraction of sp³-hybridized carbons (Fsp3) is 0.267. The van der Waals surface area contributed by atoms with Crippen LogP contribution >= 0.6 is 0 Å². The van der Waals surface area contributed by atoms with Crippen molar-refractivity contribution >= 4 is 0 Å². The van der Waals surface area contributed by atoms with Crippen molar-refractivity contribution in [1.29, 1.82) is 5.26 Å². The molecule has 0 bridgehead atoms. The molecule has 20 heavy (non-hydrogen) atoms. The van der Waals surface area contributed by atoms with Gasteiger partial charge in [-0.05, 0) is 30.7 Å². The molecular weight excluding hydrogens is 254 g/mol. The lowest BCUT2D eigenvalue weighted by atomic mass is 9.94. The molecule has 0 saturated carbocycles. The van der Waals surface area contributed by atoms with E-state index in [4.69, 9.17) is 9.47 Å². The molecule has 5 nitrogen and oxygen atoms in total. The van der Waals surface area contributed by atoms with Gasteiger partial charge in [0, 0.05) is 11.8 Å². The minimum absolute atomic E-state index is 0.526. The first-order chi connectivity index (χ1) is 9.71. The van der Waals surface area contributed by atoms with E-state index in [0.717, 1.165) is 16.9 Å². The van der Waals surface area contributed by atoms with Crippen LogP contribution in [0.3, 0.4) is 0 Å². The molecule has 0 saturated heterocycles. The van der Waals surface area contributed by atoms with E-state index in [1.54, 1.807) is 26.5 Å². The molecular formula is C15H15N3O2. The van der Waals surface area contributed by atoms with Gasteiger partial charge in [-0.25, -0.2) is 9.97 Å². The summed E-state index contributed by atoms with van der Waals surface area (Å²) >= 11 is 0. The number of nitrogens with zero attached hydrogens (tertiary/aromatic N) is 3. The summed E-state index contributed by atoms with van der Waals surface area (Å²) in [5.74, 6) is 0.839. The monoisotopic (exact) mass is 269 g/mol. The Balaban J connectivity index is 2.57. The molecule has 1 aromatic carbocycles. The number of hydrogen-bond donors (Lipinski definition) is 0. The van der Waals surface area contributed by atoms with Gasteiger partial charge in [0.2, 0.25) is 0 Å². The first kappa shape index (κ1) is 13.8. The topological polar surface area (TPSA) is 68.0 Å². The quantitative estimate of drug-likeness (QED) is 0.852. The predicted octanol–water partition coefficient (Wildman–Crippen LogP) is 2.46. The highest BCUT2D eigenvalue weighted by Crippen LogP contribution is 2.35. The Morgan fingerprint density at radius 1 is 1.20 bits per heavy atom. The Hall–Kier alpha value is -2.61. The van der Waals surface area contributed by atoms with Crippen molar-refractivity contribution in [2.24, 2.45) is 0 Å². The van der Waals surface area contributed by atoms with Crippen molar-refractivity contribution in [2.45, 2.75) is 12.8 Å². The lowest BCUT2D eigenvalue weighted by molar-refractivity contribution is 0.396. The summed E-state index contributed by atoms with van der Waals surface area (Å²) in [5, 5.41) is 9.48. The first-order valence-electron chi connectivity index (χ1n) is 6.09. The Bertz CT molecular complexity index is 636. The smallest absolute Gasteiger partial charge is 0.124 e. The summed E-state index contributed by atoms with van der Waals surface area (Å²) < 4.78 is 10.7. The summed E-state index contributed by atoms with van der Waals surface area (Å²) in [6.07, 6.45) is 3.04. The Morgan fingerprint density at radius 2 is 1.95 bits per heavy atom. The van der Waals surface area contributed by atoms with Gasteiger partial charge in [0.1, 0.15) is 23.7 Å². The van der Waals surface area contributed by atoms with Crippen molar-refractivity contribution in [3.05, 3.63) is 47.5 Å². The van der Waals surface area contributed by atoms with Crippen LogP contribution in [0.4, 0.5) is 0 Å². The van der Waals surface area contributed by atoms with E-state index in [1.807, 2.05) is 19.1 Å². The van der Waals surface area contributed by atoms with Crippen LogP contribution in [-0.4, -0.2) is 24.2 Å². The van der Waals surface area contributed by atoms with Gasteiger partial charge in [-0.15, -0.1) is 0 Å². The molecule has 0 radical (unpaired) electrons. The molecule has 0 N–H and O–H groups in total. The molecule has 1 unspecified atom stereocenters. The lowest BCUT2D eigenvalue weighted by Gasteiger charge is -2.16. The van der Waals surface area contributed by atoms with Crippen LogP contribution in [0.5, 0.6) is 11.5 Å². The maximum Gasteiger partial charge on any atom is 0.124 e. The second-order valence-corrected chi connectivity index (χ2v) is 4.26. The van der Waals surface area contributed by atoms with E-state index < -0.39 is 5.92 Å².